The van der Waals surface area contributed by atoms with Crippen molar-refractivity contribution in [3.63, 3.8) is 0 Å². The monoisotopic (exact) mass is 255 g/mol. The van der Waals surface area contributed by atoms with Gasteiger partial charge in [-0.15, -0.1) is 10.2 Å². The first-order chi connectivity index (χ1) is 8.29. The zero-order valence-electron chi connectivity index (χ0n) is 10.6. The normalized spacial score (nSPS) is 21.9. The van der Waals surface area contributed by atoms with Crippen LogP contribution in [-0.2, 0) is 11.2 Å². The van der Waals surface area contributed by atoms with Gasteiger partial charge in [0.1, 0.15) is 10.0 Å². The van der Waals surface area contributed by atoms with Gasteiger partial charge < -0.3 is 10.1 Å². The lowest BCUT2D eigenvalue weighted by atomic mass is 10.2. The van der Waals surface area contributed by atoms with E-state index in [1.54, 1.807) is 11.3 Å². The lowest BCUT2D eigenvalue weighted by molar-refractivity contribution is 0.111. The summed E-state index contributed by atoms with van der Waals surface area (Å²) >= 11 is 1.71. The molecule has 2 atom stereocenters. The molecule has 1 aromatic heterocycles. The fraction of sp³-hybridized carbons (Fsp3) is 0.833. The van der Waals surface area contributed by atoms with Crippen molar-refractivity contribution in [3.05, 3.63) is 10.0 Å². The van der Waals surface area contributed by atoms with Gasteiger partial charge >= 0.3 is 0 Å². The molecule has 0 aromatic carbocycles. The molecule has 4 nitrogen and oxygen atoms in total. The minimum Gasteiger partial charge on any atom is -0.378 e. The van der Waals surface area contributed by atoms with Crippen LogP contribution in [0, 0.1) is 0 Å². The summed E-state index contributed by atoms with van der Waals surface area (Å²) in [4.78, 5) is 0. The van der Waals surface area contributed by atoms with Gasteiger partial charge in [0.2, 0.25) is 0 Å². The van der Waals surface area contributed by atoms with E-state index in [0.29, 0.717) is 12.1 Å². The first kappa shape index (κ1) is 12.9. The Morgan fingerprint density at radius 2 is 2.41 bits per heavy atom. The number of nitrogens with one attached hydrogen (secondary N) is 1. The van der Waals surface area contributed by atoms with Crippen LogP contribution in [0.2, 0.25) is 0 Å². The zero-order valence-corrected chi connectivity index (χ0v) is 11.4. The quantitative estimate of drug-likeness (QED) is 0.847. The van der Waals surface area contributed by atoms with E-state index in [4.69, 9.17) is 4.74 Å². The Labute approximate surface area is 107 Å². The van der Waals surface area contributed by atoms with E-state index < -0.39 is 0 Å². The molecule has 1 fully saturated rings. The molecule has 5 heteroatoms. The molecule has 17 heavy (non-hydrogen) atoms. The lowest BCUT2D eigenvalue weighted by Crippen LogP contribution is -2.19. The van der Waals surface area contributed by atoms with E-state index in [1.165, 1.54) is 12.8 Å². The number of nitrogens with zero attached hydrogens (tertiary/aromatic N) is 2. The van der Waals surface area contributed by atoms with Crippen LogP contribution in [0.15, 0.2) is 0 Å². The van der Waals surface area contributed by atoms with Crippen molar-refractivity contribution >= 4 is 11.3 Å². The summed E-state index contributed by atoms with van der Waals surface area (Å²) in [5, 5.41) is 14.1. The highest BCUT2D eigenvalue weighted by molar-refractivity contribution is 7.11. The van der Waals surface area contributed by atoms with Crippen LogP contribution in [0.3, 0.4) is 0 Å². The highest BCUT2D eigenvalue weighted by Gasteiger charge is 2.19. The molecule has 1 aromatic rings. The third-order valence-electron chi connectivity index (χ3n) is 2.98. The van der Waals surface area contributed by atoms with Gasteiger partial charge in [0, 0.05) is 13.0 Å². The molecule has 1 saturated heterocycles. The lowest BCUT2D eigenvalue weighted by Gasteiger charge is -2.08. The maximum Gasteiger partial charge on any atom is 0.134 e. The number of ether oxygens (including phenoxy) is 1. The van der Waals surface area contributed by atoms with E-state index in [1.807, 2.05) is 0 Å². The molecule has 1 aliphatic rings. The summed E-state index contributed by atoms with van der Waals surface area (Å²) < 4.78 is 5.61. The minimum atomic E-state index is 0.311. The SMILES string of the molecule is CCCNC(C)c1nnc(CC2CCCO2)s1. The molecule has 0 spiro atoms. The van der Waals surface area contributed by atoms with E-state index in [-0.39, 0.29) is 0 Å². The van der Waals surface area contributed by atoms with Gasteiger partial charge in [0.25, 0.3) is 0 Å². The van der Waals surface area contributed by atoms with Gasteiger partial charge in [-0.3, -0.25) is 0 Å². The number of rotatable bonds is 6. The van der Waals surface area contributed by atoms with Crippen LogP contribution in [0.25, 0.3) is 0 Å². The van der Waals surface area contributed by atoms with Gasteiger partial charge in [0.15, 0.2) is 0 Å². The zero-order chi connectivity index (χ0) is 12.1. The number of aromatic nitrogens is 2. The molecule has 2 rings (SSSR count). The largest absolute Gasteiger partial charge is 0.378 e. The molecule has 0 aliphatic carbocycles. The second-order valence-electron chi connectivity index (χ2n) is 4.55. The van der Waals surface area contributed by atoms with Crippen LogP contribution in [0.1, 0.15) is 49.2 Å². The highest BCUT2D eigenvalue weighted by atomic mass is 32.1. The Morgan fingerprint density at radius 1 is 1.53 bits per heavy atom. The average molecular weight is 255 g/mol. The van der Waals surface area contributed by atoms with Gasteiger partial charge in [-0.25, -0.2) is 0 Å². The molecule has 0 saturated carbocycles. The molecule has 0 radical (unpaired) electrons. The fourth-order valence-electron chi connectivity index (χ4n) is 1.97. The predicted octanol–water partition coefficient (Wildman–Crippen LogP) is 2.32. The van der Waals surface area contributed by atoms with E-state index >= 15 is 0 Å². The van der Waals surface area contributed by atoms with Crippen molar-refractivity contribution in [2.75, 3.05) is 13.2 Å². The van der Waals surface area contributed by atoms with E-state index in [0.717, 1.165) is 36.0 Å². The summed E-state index contributed by atoms with van der Waals surface area (Å²) in [6, 6.07) is 0.311. The van der Waals surface area contributed by atoms with Crippen LogP contribution in [-0.4, -0.2) is 29.5 Å². The van der Waals surface area contributed by atoms with Crippen molar-refractivity contribution in [1.29, 1.82) is 0 Å². The maximum absolute atomic E-state index is 5.61. The van der Waals surface area contributed by atoms with Gasteiger partial charge in [-0.1, -0.05) is 18.3 Å². The van der Waals surface area contributed by atoms with Gasteiger partial charge in [-0.05, 0) is 32.7 Å². The van der Waals surface area contributed by atoms with Crippen molar-refractivity contribution in [2.45, 2.75) is 51.7 Å². The molecule has 96 valence electrons. The maximum atomic E-state index is 5.61. The Bertz CT molecular complexity index is 336. The highest BCUT2D eigenvalue weighted by Crippen LogP contribution is 2.22. The Kier molecular flexibility index (Phi) is 4.88. The third kappa shape index (κ3) is 3.72. The summed E-state index contributed by atoms with van der Waals surface area (Å²) in [6.07, 6.45) is 4.79. The van der Waals surface area contributed by atoms with Crippen molar-refractivity contribution < 1.29 is 4.74 Å². The predicted molar refractivity (Wildman–Crippen MR) is 69.3 cm³/mol. The fourth-order valence-corrected chi connectivity index (χ4v) is 2.91. The molecular weight excluding hydrogens is 234 g/mol. The summed E-state index contributed by atoms with van der Waals surface area (Å²) in [5.41, 5.74) is 0. The van der Waals surface area contributed by atoms with Gasteiger partial charge in [0.05, 0.1) is 12.1 Å². The van der Waals surface area contributed by atoms with Crippen molar-refractivity contribution in [2.24, 2.45) is 0 Å². The molecule has 0 bridgehead atoms. The molecule has 0 amide bonds. The molecule has 1 aliphatic heterocycles. The smallest absolute Gasteiger partial charge is 0.134 e. The van der Waals surface area contributed by atoms with E-state index in [2.05, 4.69) is 29.4 Å². The summed E-state index contributed by atoms with van der Waals surface area (Å²) in [6.45, 7) is 6.25. The first-order valence-corrected chi connectivity index (χ1v) is 7.28. The van der Waals surface area contributed by atoms with Crippen LogP contribution in [0.4, 0.5) is 0 Å². The van der Waals surface area contributed by atoms with Crippen LogP contribution < -0.4 is 5.32 Å². The van der Waals surface area contributed by atoms with Crippen LogP contribution in [0.5, 0.6) is 0 Å². The van der Waals surface area contributed by atoms with Crippen molar-refractivity contribution in [3.8, 4) is 0 Å². The second kappa shape index (κ2) is 6.42. The Hall–Kier alpha value is -0.520. The summed E-state index contributed by atoms with van der Waals surface area (Å²) in [7, 11) is 0. The first-order valence-electron chi connectivity index (χ1n) is 6.47. The second-order valence-corrected chi connectivity index (χ2v) is 5.64. The Morgan fingerprint density at radius 3 is 3.12 bits per heavy atom. The standard InChI is InChI=1S/C12H21N3OS/c1-3-6-13-9(2)12-15-14-11(17-12)8-10-5-4-7-16-10/h9-10,13H,3-8H2,1-2H3. The third-order valence-corrected chi connectivity index (χ3v) is 4.11. The van der Waals surface area contributed by atoms with Gasteiger partial charge in [-0.2, -0.15) is 0 Å². The molecule has 2 unspecified atom stereocenters. The van der Waals surface area contributed by atoms with Crippen LogP contribution >= 0.6 is 11.3 Å². The molecular formula is C12H21N3OS. The Balaban J connectivity index is 1.86. The molecule has 2 heterocycles. The summed E-state index contributed by atoms with van der Waals surface area (Å²) in [5.74, 6) is 0. The molecule has 1 N–H and O–H groups in total. The number of hydrogen-bond acceptors (Lipinski definition) is 5. The number of hydrogen-bond donors (Lipinski definition) is 1. The van der Waals surface area contributed by atoms with Crippen molar-refractivity contribution in [1.82, 2.24) is 15.5 Å². The van der Waals surface area contributed by atoms with E-state index in [9.17, 15) is 0 Å². The minimum absolute atomic E-state index is 0.311. The average Bonchev–Trinajstić information content (AvgIpc) is 2.98. The topological polar surface area (TPSA) is 47.0 Å².